The van der Waals surface area contributed by atoms with E-state index in [9.17, 15) is 15.0 Å². The minimum atomic E-state index is -0.322. The number of fused-ring (bicyclic) bond motifs is 2. The number of carbonyl (C=O) groups is 1. The lowest BCUT2D eigenvalue weighted by Crippen LogP contribution is -2.37. The zero-order valence-electron chi connectivity index (χ0n) is 28.1. The summed E-state index contributed by atoms with van der Waals surface area (Å²) < 4.78 is 0. The molecule has 0 saturated carbocycles. The highest BCUT2D eigenvalue weighted by atomic mass is 32.1. The van der Waals surface area contributed by atoms with Crippen LogP contribution in [0.2, 0.25) is 0 Å². The van der Waals surface area contributed by atoms with Gasteiger partial charge in [-0.25, -0.2) is 4.98 Å². The Kier molecular flexibility index (Phi) is 8.75. The van der Waals surface area contributed by atoms with Gasteiger partial charge in [0.2, 0.25) is 5.91 Å². The van der Waals surface area contributed by atoms with E-state index in [4.69, 9.17) is 15.0 Å². The summed E-state index contributed by atoms with van der Waals surface area (Å²) in [6.07, 6.45) is 5.55. The smallest absolute Gasteiger partial charge is 0.237 e. The van der Waals surface area contributed by atoms with Gasteiger partial charge in [0, 0.05) is 67.4 Å². The molecule has 2 saturated heterocycles. The maximum Gasteiger partial charge on any atom is 0.237 e. The number of aliphatic hydroxyl groups is 2. The molecule has 2 N–H and O–H groups in total. The van der Waals surface area contributed by atoms with Crippen molar-refractivity contribution in [2.24, 2.45) is 0 Å². The van der Waals surface area contributed by atoms with E-state index in [1.165, 1.54) is 27.8 Å². The molecule has 0 spiro atoms. The summed E-state index contributed by atoms with van der Waals surface area (Å²) in [6.45, 7) is 9.66. The van der Waals surface area contributed by atoms with Gasteiger partial charge in [0.15, 0.2) is 0 Å². The third-order valence-corrected chi connectivity index (χ3v) is 11.6. The minimum Gasteiger partial charge on any atom is -0.392 e. The molecule has 5 aromatic rings. The highest BCUT2D eigenvalue weighted by Gasteiger charge is 2.30. The Hall–Kier alpha value is -4.06. The number of rotatable bonds is 8. The van der Waals surface area contributed by atoms with E-state index in [1.54, 1.807) is 11.3 Å². The van der Waals surface area contributed by atoms with Gasteiger partial charge >= 0.3 is 0 Å². The lowest BCUT2D eigenvalue weighted by molar-refractivity contribution is -0.132. The van der Waals surface area contributed by atoms with Crippen LogP contribution < -0.4 is 0 Å². The molecule has 10 heteroatoms. The molecule has 3 aliphatic heterocycles. The molecular formula is C39H42N6O3S. The monoisotopic (exact) mass is 674 g/mol. The molecule has 0 radical (unpaired) electrons. The number of nitrogens with zero attached hydrogens (tertiary/aromatic N) is 6. The molecule has 0 bridgehead atoms. The van der Waals surface area contributed by atoms with Crippen LogP contribution in [0.25, 0.3) is 32.6 Å². The Balaban J connectivity index is 1.00. The van der Waals surface area contributed by atoms with E-state index in [0.29, 0.717) is 32.6 Å². The van der Waals surface area contributed by atoms with E-state index in [0.717, 1.165) is 82.3 Å². The molecule has 3 aliphatic rings. The van der Waals surface area contributed by atoms with Crippen LogP contribution >= 0.6 is 11.3 Å². The molecule has 1 amide bonds. The Morgan fingerprint density at radius 1 is 0.898 bits per heavy atom. The van der Waals surface area contributed by atoms with Crippen LogP contribution in [-0.4, -0.2) is 90.7 Å². The lowest BCUT2D eigenvalue weighted by Gasteiger charge is -2.20. The number of likely N-dealkylation sites (tertiary alicyclic amines) is 2. The Morgan fingerprint density at radius 3 is 2.39 bits per heavy atom. The van der Waals surface area contributed by atoms with Crippen LogP contribution in [0.15, 0.2) is 60.9 Å². The number of hydrogen-bond donors (Lipinski definition) is 2. The average molecular weight is 675 g/mol. The molecule has 6 heterocycles. The van der Waals surface area contributed by atoms with Crippen molar-refractivity contribution < 1.29 is 15.0 Å². The van der Waals surface area contributed by atoms with Crippen LogP contribution in [0.3, 0.4) is 0 Å². The molecule has 0 unspecified atom stereocenters. The van der Waals surface area contributed by atoms with Gasteiger partial charge in [0.05, 0.1) is 48.7 Å². The fourth-order valence-corrected chi connectivity index (χ4v) is 8.85. The number of amides is 1. The minimum absolute atomic E-state index is 0.104. The van der Waals surface area contributed by atoms with Gasteiger partial charge in [0.25, 0.3) is 0 Å². The van der Waals surface area contributed by atoms with Gasteiger partial charge in [0.1, 0.15) is 5.01 Å². The molecule has 49 heavy (non-hydrogen) atoms. The molecule has 3 aromatic heterocycles. The van der Waals surface area contributed by atoms with Crippen LogP contribution in [0.1, 0.15) is 51.4 Å². The third-order valence-electron chi connectivity index (χ3n) is 10.5. The molecule has 252 valence electrons. The number of benzene rings is 2. The Bertz CT molecular complexity index is 2020. The van der Waals surface area contributed by atoms with Crippen molar-refractivity contribution in [3.8, 4) is 21.7 Å². The van der Waals surface area contributed by atoms with Crippen molar-refractivity contribution >= 4 is 28.1 Å². The van der Waals surface area contributed by atoms with Gasteiger partial charge in [-0.3, -0.25) is 24.6 Å². The second-order valence-corrected chi connectivity index (χ2v) is 15.0. The summed E-state index contributed by atoms with van der Waals surface area (Å²) in [5, 5.41) is 21.8. The number of hydrogen-bond acceptors (Lipinski definition) is 9. The van der Waals surface area contributed by atoms with Crippen molar-refractivity contribution in [2.75, 3.05) is 32.7 Å². The predicted molar refractivity (Wildman–Crippen MR) is 192 cm³/mol. The zero-order valence-corrected chi connectivity index (χ0v) is 28.9. The van der Waals surface area contributed by atoms with Crippen molar-refractivity contribution in [1.82, 2.24) is 29.7 Å². The fraction of sp³-hybridized carbons (Fsp3) is 0.385. The average Bonchev–Trinajstić information content (AvgIpc) is 3.88. The van der Waals surface area contributed by atoms with Crippen molar-refractivity contribution in [1.29, 1.82) is 0 Å². The molecule has 2 fully saturated rings. The van der Waals surface area contributed by atoms with Crippen molar-refractivity contribution in [3.05, 3.63) is 99.4 Å². The second-order valence-electron chi connectivity index (χ2n) is 13.9. The van der Waals surface area contributed by atoms with E-state index < -0.39 is 0 Å². The lowest BCUT2D eigenvalue weighted by atomic mass is 9.90. The number of thiazole rings is 1. The van der Waals surface area contributed by atoms with Crippen LogP contribution in [0, 0.1) is 13.8 Å². The first kappa shape index (κ1) is 32.2. The van der Waals surface area contributed by atoms with E-state index in [-0.39, 0.29) is 18.1 Å². The number of aromatic nitrogens is 3. The number of aliphatic hydroxyl groups excluding tert-OH is 2. The first-order chi connectivity index (χ1) is 23.8. The summed E-state index contributed by atoms with van der Waals surface area (Å²) >= 11 is 1.69. The molecule has 2 aromatic carbocycles. The second kappa shape index (κ2) is 13.3. The maximum atomic E-state index is 13.0. The van der Waals surface area contributed by atoms with Gasteiger partial charge in [-0.2, -0.15) is 0 Å². The summed E-state index contributed by atoms with van der Waals surface area (Å²) in [6, 6.07) is 17.2. The highest BCUT2D eigenvalue weighted by molar-refractivity contribution is 7.15. The SMILES string of the molecule is Cc1c(Cc2nccc3cc(CN4CC[C@@H](O)C4)cnc23)cccc1-c1cccc(-c2nc3c(s2)CN(C(=O)CN2CC[C@@H](O)C2)C3)c1C. The summed E-state index contributed by atoms with van der Waals surface area (Å²) in [5.41, 5.74) is 11.2. The number of carbonyl (C=O) groups excluding carboxylic acids is 1. The Labute approximate surface area is 290 Å². The van der Waals surface area contributed by atoms with Crippen molar-refractivity contribution in [3.63, 3.8) is 0 Å². The number of β-amino-alcohol motifs (C(OH)–C–C–N with tert-alkyl or cyclic N) is 2. The van der Waals surface area contributed by atoms with E-state index in [1.807, 2.05) is 28.3 Å². The van der Waals surface area contributed by atoms with Gasteiger partial charge < -0.3 is 15.1 Å². The van der Waals surface area contributed by atoms with Crippen molar-refractivity contribution in [2.45, 2.75) is 65.0 Å². The zero-order chi connectivity index (χ0) is 33.6. The molecule has 9 nitrogen and oxygen atoms in total. The van der Waals surface area contributed by atoms with Crippen LogP contribution in [0.4, 0.5) is 0 Å². The first-order valence-corrected chi connectivity index (χ1v) is 18.1. The third kappa shape index (κ3) is 6.51. The first-order valence-electron chi connectivity index (χ1n) is 17.3. The van der Waals surface area contributed by atoms with Gasteiger partial charge in [-0.1, -0.05) is 36.4 Å². The fourth-order valence-electron chi connectivity index (χ4n) is 7.68. The maximum absolute atomic E-state index is 13.0. The quantitative estimate of drug-likeness (QED) is 0.234. The van der Waals surface area contributed by atoms with E-state index in [2.05, 4.69) is 61.2 Å². The van der Waals surface area contributed by atoms with Gasteiger partial charge in [-0.05, 0) is 72.2 Å². The largest absolute Gasteiger partial charge is 0.392 e. The molecular weight excluding hydrogens is 633 g/mol. The Morgan fingerprint density at radius 2 is 1.63 bits per heavy atom. The van der Waals surface area contributed by atoms with Crippen LogP contribution in [0.5, 0.6) is 0 Å². The highest BCUT2D eigenvalue weighted by Crippen LogP contribution is 2.39. The molecule has 2 atom stereocenters. The summed E-state index contributed by atoms with van der Waals surface area (Å²) in [5.74, 6) is 0.104. The normalized spacial score (nSPS) is 19.7. The van der Waals surface area contributed by atoms with Crippen LogP contribution in [-0.2, 0) is 30.8 Å². The van der Waals surface area contributed by atoms with Gasteiger partial charge in [-0.15, -0.1) is 11.3 Å². The van der Waals surface area contributed by atoms with E-state index >= 15 is 0 Å². The summed E-state index contributed by atoms with van der Waals surface area (Å²) in [4.78, 5) is 35.0. The predicted octanol–water partition coefficient (Wildman–Crippen LogP) is 5.10. The molecule has 8 rings (SSSR count). The summed E-state index contributed by atoms with van der Waals surface area (Å²) in [7, 11) is 0. The molecule has 0 aliphatic carbocycles. The number of pyridine rings is 2. The standard InChI is InChI=1S/C39H42N6O3S/c1-24-27(16-34-38-28(9-12-40-34)15-26(17-41-38)18-43-13-10-29(46)19-43)5-3-6-31(24)32-7-4-8-33(25(32)2)39-42-35-21-45(22-36(35)49-39)37(48)23-44-14-11-30(47)20-44/h3-9,12,15,17,29-30,46-47H,10-11,13-14,16,18-23H2,1-2H3/t29-,30-/m1/s1. The topological polar surface area (TPSA) is 106 Å².